The van der Waals surface area contributed by atoms with E-state index in [0.717, 1.165) is 25.3 Å². The lowest BCUT2D eigenvalue weighted by Gasteiger charge is -2.35. The first-order valence-corrected chi connectivity index (χ1v) is 9.27. The molecule has 3 heterocycles. The fourth-order valence-electron chi connectivity index (χ4n) is 3.56. The van der Waals surface area contributed by atoms with Crippen molar-refractivity contribution in [3.05, 3.63) is 59.9 Å². The van der Waals surface area contributed by atoms with Gasteiger partial charge in [0, 0.05) is 69.5 Å². The summed E-state index contributed by atoms with van der Waals surface area (Å²) in [5.41, 5.74) is 2.64. The van der Waals surface area contributed by atoms with Crippen molar-refractivity contribution in [3.63, 3.8) is 0 Å². The van der Waals surface area contributed by atoms with E-state index in [1.807, 2.05) is 53.7 Å². The van der Waals surface area contributed by atoms with Gasteiger partial charge < -0.3 is 10.2 Å². The lowest BCUT2D eigenvalue weighted by Crippen LogP contribution is -2.48. The number of hydrogen-bond acceptors (Lipinski definition) is 4. The number of amides is 3. The molecular weight excluding hydrogens is 342 g/mol. The molecule has 2 aromatic rings. The summed E-state index contributed by atoms with van der Waals surface area (Å²) in [5.74, 6) is 0.0278. The van der Waals surface area contributed by atoms with Crippen LogP contribution in [0.25, 0.3) is 0 Å². The minimum absolute atomic E-state index is 0.0278. The van der Waals surface area contributed by atoms with E-state index in [9.17, 15) is 9.59 Å². The van der Waals surface area contributed by atoms with E-state index in [1.165, 1.54) is 5.56 Å². The quantitative estimate of drug-likeness (QED) is 0.893. The van der Waals surface area contributed by atoms with Gasteiger partial charge in [-0.3, -0.25) is 19.6 Å². The lowest BCUT2D eigenvalue weighted by molar-refractivity contribution is 0.0628. The molecule has 0 spiro atoms. The Bertz CT molecular complexity index is 818. The zero-order chi connectivity index (χ0) is 18.6. The molecule has 2 fully saturated rings. The van der Waals surface area contributed by atoms with Crippen LogP contribution in [0.5, 0.6) is 0 Å². The Labute approximate surface area is 158 Å². The van der Waals surface area contributed by atoms with E-state index in [-0.39, 0.29) is 11.9 Å². The Morgan fingerprint density at radius 1 is 1.04 bits per heavy atom. The van der Waals surface area contributed by atoms with Crippen LogP contribution < -0.4 is 10.2 Å². The van der Waals surface area contributed by atoms with Gasteiger partial charge in [0.05, 0.1) is 0 Å². The van der Waals surface area contributed by atoms with Crippen molar-refractivity contribution in [1.29, 1.82) is 0 Å². The van der Waals surface area contributed by atoms with E-state index in [1.54, 1.807) is 4.90 Å². The van der Waals surface area contributed by atoms with Crippen LogP contribution in [0.3, 0.4) is 0 Å². The summed E-state index contributed by atoms with van der Waals surface area (Å²) in [7, 11) is 0. The fourth-order valence-corrected chi connectivity index (χ4v) is 3.56. The third-order valence-electron chi connectivity index (χ3n) is 5.08. The van der Waals surface area contributed by atoms with E-state index >= 15 is 0 Å². The van der Waals surface area contributed by atoms with Crippen LogP contribution in [0.2, 0.25) is 0 Å². The highest BCUT2D eigenvalue weighted by Crippen LogP contribution is 2.20. The molecule has 0 radical (unpaired) electrons. The van der Waals surface area contributed by atoms with Gasteiger partial charge in [-0.1, -0.05) is 6.07 Å². The van der Waals surface area contributed by atoms with Crippen LogP contribution in [0, 0.1) is 0 Å². The number of aromatic nitrogens is 1. The molecule has 27 heavy (non-hydrogen) atoms. The molecule has 0 saturated carbocycles. The summed E-state index contributed by atoms with van der Waals surface area (Å²) in [6, 6.07) is 11.3. The van der Waals surface area contributed by atoms with Crippen molar-refractivity contribution >= 4 is 17.6 Å². The van der Waals surface area contributed by atoms with Crippen LogP contribution in [0.1, 0.15) is 15.9 Å². The Hall–Kier alpha value is -2.93. The van der Waals surface area contributed by atoms with Gasteiger partial charge >= 0.3 is 6.03 Å². The molecule has 0 bridgehead atoms. The number of piperazine rings is 1. The van der Waals surface area contributed by atoms with E-state index in [0.29, 0.717) is 31.7 Å². The van der Waals surface area contributed by atoms with Gasteiger partial charge in [0.1, 0.15) is 0 Å². The zero-order valence-corrected chi connectivity index (χ0v) is 15.2. The van der Waals surface area contributed by atoms with Crippen LogP contribution in [-0.2, 0) is 6.54 Å². The second-order valence-corrected chi connectivity index (χ2v) is 6.86. The molecule has 1 aromatic heterocycles. The molecule has 1 aromatic carbocycles. The molecule has 4 rings (SSSR count). The van der Waals surface area contributed by atoms with Gasteiger partial charge in [-0.05, 0) is 35.9 Å². The minimum Gasteiger partial charge on any atom is -0.336 e. The van der Waals surface area contributed by atoms with Crippen molar-refractivity contribution in [1.82, 2.24) is 20.1 Å². The number of nitrogens with zero attached hydrogens (tertiary/aromatic N) is 4. The third-order valence-corrected chi connectivity index (χ3v) is 5.08. The average Bonchev–Trinajstić information content (AvgIpc) is 3.15. The van der Waals surface area contributed by atoms with Crippen molar-refractivity contribution in [3.8, 4) is 0 Å². The smallest absolute Gasteiger partial charge is 0.321 e. The van der Waals surface area contributed by atoms with Crippen LogP contribution in [0.4, 0.5) is 10.5 Å². The molecule has 2 aliphatic heterocycles. The maximum absolute atomic E-state index is 12.9. The number of carbonyl (C=O) groups excluding carboxylic acids is 2. The number of anilines is 1. The maximum atomic E-state index is 12.9. The molecule has 2 aliphatic rings. The van der Waals surface area contributed by atoms with Crippen molar-refractivity contribution in [2.45, 2.75) is 6.54 Å². The highest BCUT2D eigenvalue weighted by Gasteiger charge is 2.25. The number of urea groups is 1. The van der Waals surface area contributed by atoms with Crippen LogP contribution >= 0.6 is 0 Å². The van der Waals surface area contributed by atoms with E-state index in [4.69, 9.17) is 0 Å². The number of carbonyl (C=O) groups is 2. The summed E-state index contributed by atoms with van der Waals surface area (Å²) in [5, 5.41) is 2.79. The SMILES string of the molecule is O=C(c1cccc(N2CCNC2=O)c1)N1CCN(Cc2ccncc2)CC1. The maximum Gasteiger partial charge on any atom is 0.321 e. The lowest BCUT2D eigenvalue weighted by atomic mass is 10.1. The van der Waals surface area contributed by atoms with Crippen molar-refractivity contribution in [2.75, 3.05) is 44.2 Å². The van der Waals surface area contributed by atoms with E-state index < -0.39 is 0 Å². The topological polar surface area (TPSA) is 68.8 Å². The van der Waals surface area contributed by atoms with Gasteiger partial charge in [0.25, 0.3) is 5.91 Å². The largest absolute Gasteiger partial charge is 0.336 e. The highest BCUT2D eigenvalue weighted by atomic mass is 16.2. The zero-order valence-electron chi connectivity index (χ0n) is 15.2. The molecule has 0 unspecified atom stereocenters. The molecule has 3 amide bonds. The van der Waals surface area contributed by atoms with Crippen LogP contribution in [0.15, 0.2) is 48.8 Å². The average molecular weight is 365 g/mol. The highest BCUT2D eigenvalue weighted by molar-refractivity contribution is 5.98. The van der Waals surface area contributed by atoms with Crippen molar-refractivity contribution in [2.24, 2.45) is 0 Å². The Kier molecular flexibility index (Phi) is 5.02. The Morgan fingerprint density at radius 2 is 1.81 bits per heavy atom. The summed E-state index contributed by atoms with van der Waals surface area (Å²) in [4.78, 5) is 34.7. The molecule has 1 N–H and O–H groups in total. The molecule has 140 valence electrons. The first kappa shape index (κ1) is 17.5. The molecule has 0 atom stereocenters. The van der Waals surface area contributed by atoms with Gasteiger partial charge in [-0.2, -0.15) is 0 Å². The molecule has 7 nitrogen and oxygen atoms in total. The molecular formula is C20H23N5O2. The standard InChI is InChI=1S/C20H23N5O2/c26-19(17-2-1-3-18(14-17)25-9-8-22-20(25)27)24-12-10-23(11-13-24)15-16-4-6-21-7-5-16/h1-7,14H,8-13,15H2,(H,22,27). The first-order valence-electron chi connectivity index (χ1n) is 9.27. The normalized spacial score (nSPS) is 17.9. The Balaban J connectivity index is 1.37. The van der Waals surface area contributed by atoms with Gasteiger partial charge in [0.15, 0.2) is 0 Å². The minimum atomic E-state index is -0.107. The summed E-state index contributed by atoms with van der Waals surface area (Å²) in [6.07, 6.45) is 3.62. The summed E-state index contributed by atoms with van der Waals surface area (Å²) in [6.45, 7) is 5.26. The number of rotatable bonds is 4. The summed E-state index contributed by atoms with van der Waals surface area (Å²) >= 11 is 0. The number of benzene rings is 1. The fraction of sp³-hybridized carbons (Fsp3) is 0.350. The van der Waals surface area contributed by atoms with Crippen molar-refractivity contribution < 1.29 is 9.59 Å². The number of pyridine rings is 1. The van der Waals surface area contributed by atoms with Gasteiger partial charge in [-0.25, -0.2) is 4.79 Å². The third kappa shape index (κ3) is 3.93. The molecule has 7 heteroatoms. The molecule has 2 saturated heterocycles. The molecule has 0 aliphatic carbocycles. The van der Waals surface area contributed by atoms with E-state index in [2.05, 4.69) is 15.2 Å². The first-order chi connectivity index (χ1) is 13.2. The van der Waals surface area contributed by atoms with Gasteiger partial charge in [-0.15, -0.1) is 0 Å². The number of hydrogen-bond donors (Lipinski definition) is 1. The van der Waals surface area contributed by atoms with Gasteiger partial charge in [0.2, 0.25) is 0 Å². The Morgan fingerprint density at radius 3 is 2.52 bits per heavy atom. The predicted octanol–water partition coefficient (Wildman–Crippen LogP) is 1.57. The number of nitrogens with one attached hydrogen (secondary N) is 1. The second-order valence-electron chi connectivity index (χ2n) is 6.86. The predicted molar refractivity (Wildman–Crippen MR) is 103 cm³/mol. The van der Waals surface area contributed by atoms with Crippen LogP contribution in [-0.4, -0.2) is 66.0 Å². The summed E-state index contributed by atoms with van der Waals surface area (Å²) < 4.78 is 0. The second kappa shape index (κ2) is 7.75. The monoisotopic (exact) mass is 365 g/mol.